The largest absolute Gasteiger partial charge is 0.383 e. The fourth-order valence-corrected chi connectivity index (χ4v) is 2.42. The zero-order valence-electron chi connectivity index (χ0n) is 10.3. The summed E-state index contributed by atoms with van der Waals surface area (Å²) >= 11 is 5.07. The van der Waals surface area contributed by atoms with Gasteiger partial charge in [0.25, 0.3) is 0 Å². The van der Waals surface area contributed by atoms with E-state index in [-0.39, 0.29) is 0 Å². The van der Waals surface area contributed by atoms with Crippen molar-refractivity contribution in [3.05, 3.63) is 45.8 Å². The Morgan fingerprint density at radius 2 is 1.83 bits per heavy atom. The standard InChI is InChI=1S/C13H14BrN3S/c1-8-3-5-10(6-4-8)18-7-11-16-9(2)12(14)13(15)17-11/h3-6H,7H2,1-2H3,(H2,15,16,17). The number of thioether (sulfide) groups is 1. The van der Waals surface area contributed by atoms with Gasteiger partial charge in [-0.05, 0) is 41.9 Å². The van der Waals surface area contributed by atoms with Crippen LogP contribution in [0, 0.1) is 13.8 Å². The van der Waals surface area contributed by atoms with Crippen LogP contribution in [0.2, 0.25) is 0 Å². The van der Waals surface area contributed by atoms with E-state index in [2.05, 4.69) is 57.1 Å². The lowest BCUT2D eigenvalue weighted by Crippen LogP contribution is -2.02. The third-order valence-corrected chi connectivity index (χ3v) is 4.47. The molecule has 0 aliphatic heterocycles. The number of aryl methyl sites for hydroxylation is 2. The molecular weight excluding hydrogens is 310 g/mol. The molecule has 5 heteroatoms. The molecule has 18 heavy (non-hydrogen) atoms. The maximum absolute atomic E-state index is 5.80. The van der Waals surface area contributed by atoms with Crippen LogP contribution in [-0.2, 0) is 5.75 Å². The van der Waals surface area contributed by atoms with Crippen molar-refractivity contribution in [1.29, 1.82) is 0 Å². The molecule has 0 bridgehead atoms. The van der Waals surface area contributed by atoms with Gasteiger partial charge in [-0.15, -0.1) is 11.8 Å². The van der Waals surface area contributed by atoms with E-state index in [9.17, 15) is 0 Å². The quantitative estimate of drug-likeness (QED) is 0.874. The van der Waals surface area contributed by atoms with Crippen molar-refractivity contribution in [2.24, 2.45) is 0 Å². The number of benzene rings is 1. The summed E-state index contributed by atoms with van der Waals surface area (Å²) in [6.45, 7) is 4.00. The summed E-state index contributed by atoms with van der Waals surface area (Å²) in [5.41, 5.74) is 7.94. The highest BCUT2D eigenvalue weighted by molar-refractivity contribution is 9.10. The van der Waals surface area contributed by atoms with Crippen LogP contribution in [0.15, 0.2) is 33.6 Å². The van der Waals surface area contributed by atoms with Crippen molar-refractivity contribution in [3.8, 4) is 0 Å². The number of nitrogen functional groups attached to an aromatic ring is 1. The number of hydrogen-bond acceptors (Lipinski definition) is 4. The van der Waals surface area contributed by atoms with Crippen molar-refractivity contribution < 1.29 is 0 Å². The van der Waals surface area contributed by atoms with Crippen molar-refractivity contribution in [2.45, 2.75) is 24.5 Å². The van der Waals surface area contributed by atoms with Gasteiger partial charge in [0, 0.05) is 4.90 Å². The van der Waals surface area contributed by atoms with E-state index < -0.39 is 0 Å². The van der Waals surface area contributed by atoms with Crippen molar-refractivity contribution >= 4 is 33.5 Å². The topological polar surface area (TPSA) is 51.8 Å². The Hall–Kier alpha value is -1.07. The summed E-state index contributed by atoms with van der Waals surface area (Å²) < 4.78 is 0.784. The molecule has 2 aromatic rings. The van der Waals surface area contributed by atoms with Crippen LogP contribution >= 0.6 is 27.7 Å². The molecule has 1 aromatic heterocycles. The predicted octanol–water partition coefficient (Wildman–Crippen LogP) is 3.73. The molecular formula is C13H14BrN3S. The van der Waals surface area contributed by atoms with Crippen LogP contribution in [0.4, 0.5) is 5.82 Å². The molecule has 2 rings (SSSR count). The Morgan fingerprint density at radius 3 is 2.44 bits per heavy atom. The Kier molecular flexibility index (Phi) is 4.24. The molecule has 0 amide bonds. The molecule has 0 saturated carbocycles. The van der Waals surface area contributed by atoms with Crippen LogP contribution < -0.4 is 5.73 Å². The van der Waals surface area contributed by atoms with E-state index in [0.717, 1.165) is 21.7 Å². The highest BCUT2D eigenvalue weighted by Gasteiger charge is 2.06. The summed E-state index contributed by atoms with van der Waals surface area (Å²) in [6, 6.07) is 8.42. The third-order valence-electron chi connectivity index (χ3n) is 2.48. The minimum Gasteiger partial charge on any atom is -0.383 e. The van der Waals surface area contributed by atoms with E-state index in [1.807, 2.05) is 6.92 Å². The summed E-state index contributed by atoms with van der Waals surface area (Å²) in [7, 11) is 0. The SMILES string of the molecule is Cc1ccc(SCc2nc(C)c(Br)c(N)n2)cc1. The number of hydrogen-bond donors (Lipinski definition) is 1. The lowest BCUT2D eigenvalue weighted by atomic mass is 10.2. The smallest absolute Gasteiger partial charge is 0.141 e. The summed E-state index contributed by atoms with van der Waals surface area (Å²) in [6.07, 6.45) is 0. The molecule has 0 aliphatic rings. The van der Waals surface area contributed by atoms with Crippen LogP contribution in [0.25, 0.3) is 0 Å². The molecule has 0 aliphatic carbocycles. The Bertz CT molecular complexity index is 532. The summed E-state index contributed by atoms with van der Waals surface area (Å²) in [5.74, 6) is 1.99. The summed E-state index contributed by atoms with van der Waals surface area (Å²) in [4.78, 5) is 9.88. The molecule has 0 radical (unpaired) electrons. The molecule has 0 spiro atoms. The van der Waals surface area contributed by atoms with Gasteiger partial charge in [-0.1, -0.05) is 17.7 Å². The molecule has 94 valence electrons. The van der Waals surface area contributed by atoms with E-state index in [1.165, 1.54) is 10.5 Å². The number of aromatic nitrogens is 2. The molecule has 1 heterocycles. The third kappa shape index (κ3) is 3.23. The predicted molar refractivity (Wildman–Crippen MR) is 79.6 cm³/mol. The summed E-state index contributed by atoms with van der Waals surface area (Å²) in [5, 5.41) is 0. The minimum absolute atomic E-state index is 0.502. The zero-order chi connectivity index (χ0) is 13.1. The second-order valence-corrected chi connectivity index (χ2v) is 5.87. The monoisotopic (exact) mass is 323 g/mol. The highest BCUT2D eigenvalue weighted by atomic mass is 79.9. The van der Waals surface area contributed by atoms with Crippen molar-refractivity contribution in [1.82, 2.24) is 9.97 Å². The lowest BCUT2D eigenvalue weighted by Gasteiger charge is -2.06. The van der Waals surface area contributed by atoms with E-state index >= 15 is 0 Å². The van der Waals surface area contributed by atoms with Gasteiger partial charge >= 0.3 is 0 Å². The maximum Gasteiger partial charge on any atom is 0.141 e. The zero-order valence-corrected chi connectivity index (χ0v) is 12.7. The van der Waals surface area contributed by atoms with E-state index in [0.29, 0.717) is 5.82 Å². The Morgan fingerprint density at radius 1 is 1.17 bits per heavy atom. The number of anilines is 1. The van der Waals surface area contributed by atoms with Crippen LogP contribution in [0.3, 0.4) is 0 Å². The molecule has 2 N–H and O–H groups in total. The second kappa shape index (κ2) is 5.71. The van der Waals surface area contributed by atoms with Gasteiger partial charge in [-0.3, -0.25) is 0 Å². The second-order valence-electron chi connectivity index (χ2n) is 4.03. The van der Waals surface area contributed by atoms with Gasteiger partial charge in [0.1, 0.15) is 11.6 Å². The number of nitrogens with two attached hydrogens (primary N) is 1. The lowest BCUT2D eigenvalue weighted by molar-refractivity contribution is 0.992. The first kappa shape index (κ1) is 13.4. The first-order valence-electron chi connectivity index (χ1n) is 5.54. The van der Waals surface area contributed by atoms with Crippen LogP contribution in [-0.4, -0.2) is 9.97 Å². The molecule has 0 saturated heterocycles. The van der Waals surface area contributed by atoms with Gasteiger partial charge in [0.15, 0.2) is 0 Å². The molecule has 3 nitrogen and oxygen atoms in total. The average Bonchev–Trinajstić information content (AvgIpc) is 2.35. The van der Waals surface area contributed by atoms with Gasteiger partial charge in [0.05, 0.1) is 15.9 Å². The maximum atomic E-state index is 5.80. The molecule has 0 fully saturated rings. The Labute approximate surface area is 119 Å². The minimum atomic E-state index is 0.502. The molecule has 0 unspecified atom stereocenters. The van der Waals surface area contributed by atoms with Gasteiger partial charge in [-0.2, -0.15) is 0 Å². The van der Waals surface area contributed by atoms with Crippen LogP contribution in [0.1, 0.15) is 17.1 Å². The van der Waals surface area contributed by atoms with Crippen molar-refractivity contribution in [2.75, 3.05) is 5.73 Å². The number of nitrogens with zero attached hydrogens (tertiary/aromatic N) is 2. The number of rotatable bonds is 3. The van der Waals surface area contributed by atoms with Gasteiger partial charge in [-0.25, -0.2) is 9.97 Å². The fourth-order valence-electron chi connectivity index (χ4n) is 1.49. The van der Waals surface area contributed by atoms with E-state index in [4.69, 9.17) is 5.73 Å². The van der Waals surface area contributed by atoms with Gasteiger partial charge in [0.2, 0.25) is 0 Å². The first-order valence-corrected chi connectivity index (χ1v) is 7.32. The molecule has 1 aromatic carbocycles. The van der Waals surface area contributed by atoms with Crippen LogP contribution in [0.5, 0.6) is 0 Å². The highest BCUT2D eigenvalue weighted by Crippen LogP contribution is 2.25. The van der Waals surface area contributed by atoms with Gasteiger partial charge < -0.3 is 5.73 Å². The normalized spacial score (nSPS) is 10.6. The first-order chi connectivity index (χ1) is 8.56. The Balaban J connectivity index is 2.08. The molecule has 0 atom stereocenters. The van der Waals surface area contributed by atoms with E-state index in [1.54, 1.807) is 11.8 Å². The number of halogens is 1. The fraction of sp³-hybridized carbons (Fsp3) is 0.231. The average molecular weight is 324 g/mol. The van der Waals surface area contributed by atoms with Crippen molar-refractivity contribution in [3.63, 3.8) is 0 Å².